The van der Waals surface area contributed by atoms with E-state index in [4.69, 9.17) is 22.2 Å². The van der Waals surface area contributed by atoms with Crippen molar-refractivity contribution >= 4 is 63.7 Å². The van der Waals surface area contributed by atoms with Gasteiger partial charge in [-0.15, -0.1) is 0 Å². The van der Waals surface area contributed by atoms with E-state index < -0.39 is 65.4 Å². The molecular formula is C39H39F6N9O5S. The Bertz CT molecular complexity index is 2230. The van der Waals surface area contributed by atoms with Gasteiger partial charge in [-0.25, -0.2) is 18.2 Å². The number of pyridine rings is 1. The molecule has 4 amide bonds. The van der Waals surface area contributed by atoms with Crippen molar-refractivity contribution in [1.82, 2.24) is 20.1 Å². The van der Waals surface area contributed by atoms with Crippen LogP contribution in [-0.2, 0) is 31.8 Å². The van der Waals surface area contributed by atoms with Gasteiger partial charge in [-0.2, -0.15) is 18.4 Å². The summed E-state index contributed by atoms with van der Waals surface area (Å²) in [6.45, 7) is 5.57. The minimum atomic E-state index is -4.94. The number of hydrogen-bond acceptors (Lipinski definition) is 11. The molecule has 14 nitrogen and oxygen atoms in total. The number of anilines is 4. The lowest BCUT2D eigenvalue weighted by Gasteiger charge is -2.34. The summed E-state index contributed by atoms with van der Waals surface area (Å²) >= 11 is 5.57. The van der Waals surface area contributed by atoms with Crippen molar-refractivity contribution < 1.29 is 50.3 Å². The van der Waals surface area contributed by atoms with Crippen LogP contribution in [0.2, 0.25) is 0 Å². The molecule has 1 aromatic heterocycles. The van der Waals surface area contributed by atoms with E-state index >= 15 is 0 Å². The number of imide groups is 1. The number of aromatic nitrogens is 1. The van der Waals surface area contributed by atoms with Crippen LogP contribution in [-0.4, -0.2) is 107 Å². The molecule has 0 saturated carbocycles. The summed E-state index contributed by atoms with van der Waals surface area (Å²) in [7, 11) is 0. The van der Waals surface area contributed by atoms with Crippen LogP contribution in [0.4, 0.5) is 49.1 Å². The lowest BCUT2D eigenvalue weighted by Crippen LogP contribution is -2.49. The molecule has 0 aliphatic carbocycles. The summed E-state index contributed by atoms with van der Waals surface area (Å²) in [5.41, 5.74) is -3.35. The minimum absolute atomic E-state index is 0.0164. The first-order valence-corrected chi connectivity index (χ1v) is 19.1. The average molecular weight is 860 g/mol. The van der Waals surface area contributed by atoms with E-state index in [1.54, 1.807) is 0 Å². The van der Waals surface area contributed by atoms with Crippen molar-refractivity contribution in [2.24, 2.45) is 0 Å². The lowest BCUT2D eigenvalue weighted by atomic mass is 10.0. The first kappa shape index (κ1) is 43.7. The Morgan fingerprint density at radius 2 is 1.78 bits per heavy atom. The Morgan fingerprint density at radius 3 is 2.45 bits per heavy atom. The van der Waals surface area contributed by atoms with E-state index in [1.807, 2.05) is 4.90 Å². The van der Waals surface area contributed by atoms with Gasteiger partial charge < -0.3 is 20.3 Å². The lowest BCUT2D eigenvalue weighted by molar-refractivity contribution is -0.138. The largest absolute Gasteiger partial charge is 0.492 e. The summed E-state index contributed by atoms with van der Waals surface area (Å²) < 4.78 is 89.3. The van der Waals surface area contributed by atoms with Gasteiger partial charge in [0.05, 0.1) is 29.7 Å². The molecule has 3 aliphatic heterocycles. The fourth-order valence-electron chi connectivity index (χ4n) is 7.10. The Balaban J connectivity index is 1.03. The van der Waals surface area contributed by atoms with E-state index in [9.17, 15) is 45.5 Å². The van der Waals surface area contributed by atoms with Gasteiger partial charge in [-0.05, 0) is 75.0 Å². The second-order valence-electron chi connectivity index (χ2n) is 14.8. The van der Waals surface area contributed by atoms with Crippen LogP contribution < -0.4 is 30.5 Å². The first-order valence-electron chi connectivity index (χ1n) is 18.7. The van der Waals surface area contributed by atoms with Gasteiger partial charge in [-0.3, -0.25) is 39.2 Å². The quantitative estimate of drug-likeness (QED) is 0.124. The number of amides is 4. The van der Waals surface area contributed by atoms with Crippen molar-refractivity contribution in [2.75, 3.05) is 66.3 Å². The number of carbonyl (C=O) groups is 4. The highest BCUT2D eigenvalue weighted by Crippen LogP contribution is 2.40. The fourth-order valence-corrected chi connectivity index (χ4v) is 7.62. The minimum Gasteiger partial charge on any atom is -0.492 e. The van der Waals surface area contributed by atoms with Crippen LogP contribution >= 0.6 is 12.2 Å². The molecule has 60 heavy (non-hydrogen) atoms. The molecule has 0 radical (unpaired) electrons. The van der Waals surface area contributed by atoms with Crippen LogP contribution in [0.25, 0.3) is 0 Å². The zero-order valence-electron chi connectivity index (χ0n) is 32.2. The summed E-state index contributed by atoms with van der Waals surface area (Å²) in [6, 6.07) is 9.65. The zero-order valence-corrected chi connectivity index (χ0v) is 33.1. The number of hydrogen-bond donors (Lipinski definition) is 3. The Morgan fingerprint density at radius 1 is 1.07 bits per heavy atom. The second-order valence-corrected chi connectivity index (χ2v) is 15.1. The highest BCUT2D eigenvalue weighted by Gasteiger charge is 2.51. The van der Waals surface area contributed by atoms with Crippen molar-refractivity contribution in [1.29, 1.82) is 5.26 Å². The number of rotatable bonds is 13. The molecule has 2 aromatic carbocycles. The number of alkyl halides is 5. The number of nitrogens with zero attached hydrogens (tertiary/aromatic N) is 6. The number of carbonyl (C=O) groups excluding carboxylic acids is 4. The number of halogens is 6. The van der Waals surface area contributed by atoms with Gasteiger partial charge in [-0.1, -0.05) is 0 Å². The van der Waals surface area contributed by atoms with E-state index in [-0.39, 0.29) is 65.4 Å². The third kappa shape index (κ3) is 9.77. The molecule has 21 heteroatoms. The second kappa shape index (κ2) is 17.8. The van der Waals surface area contributed by atoms with Crippen LogP contribution in [0.3, 0.4) is 0 Å². The van der Waals surface area contributed by atoms with E-state index in [0.717, 1.165) is 17.2 Å². The zero-order chi connectivity index (χ0) is 43.5. The van der Waals surface area contributed by atoms with Gasteiger partial charge in [0.1, 0.15) is 35.8 Å². The molecule has 3 aromatic rings. The Kier molecular flexibility index (Phi) is 13.0. The Labute approximate surface area is 345 Å². The number of nitrogens with one attached hydrogen (secondary N) is 3. The predicted octanol–water partition coefficient (Wildman–Crippen LogP) is 4.69. The van der Waals surface area contributed by atoms with Crippen molar-refractivity contribution in [3.63, 3.8) is 0 Å². The predicted molar refractivity (Wildman–Crippen MR) is 210 cm³/mol. The maximum absolute atomic E-state index is 14.6. The molecule has 3 aliphatic rings. The maximum Gasteiger partial charge on any atom is 0.419 e. The molecule has 3 saturated heterocycles. The third-order valence-corrected chi connectivity index (χ3v) is 10.6. The molecule has 4 heterocycles. The number of thiocarbonyl (C=S) groups is 1. The van der Waals surface area contributed by atoms with Crippen molar-refractivity contribution in [3.8, 4) is 11.8 Å². The number of benzene rings is 2. The van der Waals surface area contributed by atoms with Crippen LogP contribution in [0.15, 0.2) is 48.7 Å². The molecule has 318 valence electrons. The van der Waals surface area contributed by atoms with E-state index in [1.165, 1.54) is 55.1 Å². The molecule has 3 N–H and O–H groups in total. The van der Waals surface area contributed by atoms with Crippen molar-refractivity contribution in [3.05, 3.63) is 71.3 Å². The third-order valence-electron chi connectivity index (χ3n) is 10.2. The molecule has 3 fully saturated rings. The van der Waals surface area contributed by atoms with Crippen molar-refractivity contribution in [2.45, 2.75) is 57.3 Å². The van der Waals surface area contributed by atoms with Crippen LogP contribution in [0.1, 0.15) is 43.5 Å². The average Bonchev–Trinajstić information content (AvgIpc) is 3.36. The standard InChI is InChI=1S/C39H39F6N9O5S/c1-38(2)36(58)53(25-18-26(39(43,44)45)30(19-46)47-20-25)37(60)54(38)24-4-7-31(22(15-24)16-32(41)42)59-14-13-51-9-11-52(12-10-51)21-34(56)49-29-17-23(3-5-27(29)40)48-28-6-8-33(55)50-35(28)57/h3-5,7,15,17-18,20,28,32,48H,6,8-14,16,21H2,1-2H3,(H,49,56)(H,50,55,57). The van der Waals surface area contributed by atoms with Crippen LogP contribution in [0.5, 0.6) is 5.75 Å². The van der Waals surface area contributed by atoms with E-state index in [0.29, 0.717) is 44.5 Å². The van der Waals surface area contributed by atoms with Gasteiger partial charge in [0.15, 0.2) is 10.8 Å². The molecule has 1 atom stereocenters. The summed E-state index contributed by atoms with van der Waals surface area (Å²) in [4.78, 5) is 59.8. The SMILES string of the molecule is CC1(C)C(=O)N(c2cnc(C#N)c(C(F)(F)F)c2)C(=S)N1c1ccc(OCCN2CCN(CC(=O)Nc3cc(NC4CCC(=O)NC4=O)ccc3F)CC2)c(CC(F)F)c1. The van der Waals surface area contributed by atoms with Gasteiger partial charge in [0, 0.05) is 62.5 Å². The summed E-state index contributed by atoms with van der Waals surface area (Å²) in [5, 5.41) is 16.7. The maximum atomic E-state index is 14.6. The summed E-state index contributed by atoms with van der Waals surface area (Å²) in [5.74, 6) is -2.51. The van der Waals surface area contributed by atoms with Crippen LogP contribution in [0, 0.1) is 17.1 Å². The van der Waals surface area contributed by atoms with Gasteiger partial charge >= 0.3 is 6.18 Å². The smallest absolute Gasteiger partial charge is 0.419 e. The number of nitriles is 1. The van der Waals surface area contributed by atoms with Gasteiger partial charge in [0.25, 0.3) is 5.91 Å². The first-order chi connectivity index (χ1) is 28.3. The summed E-state index contributed by atoms with van der Waals surface area (Å²) in [6.07, 6.45) is -7.05. The molecular weight excluding hydrogens is 821 g/mol. The number of piperidine rings is 1. The fraction of sp³-hybridized carbons (Fsp3) is 0.410. The molecule has 6 rings (SSSR count). The highest BCUT2D eigenvalue weighted by atomic mass is 32.1. The normalized spacial score (nSPS) is 18.8. The molecule has 0 bridgehead atoms. The molecule has 1 unspecified atom stereocenters. The monoisotopic (exact) mass is 859 g/mol. The van der Waals surface area contributed by atoms with E-state index in [2.05, 4.69) is 25.8 Å². The van der Waals surface area contributed by atoms with Gasteiger partial charge in [0.2, 0.25) is 24.1 Å². The number of ether oxygens (including phenoxy) is 1. The Hall–Kier alpha value is -5.85. The molecule has 0 spiro atoms. The highest BCUT2D eigenvalue weighted by molar-refractivity contribution is 7.81. The number of piperazine rings is 1. The topological polar surface area (TPSA) is 163 Å².